The Morgan fingerprint density at radius 2 is 2.24 bits per heavy atom. The van der Waals surface area contributed by atoms with Gasteiger partial charge >= 0.3 is 0 Å². The van der Waals surface area contributed by atoms with Crippen LogP contribution in [0.1, 0.15) is 18.9 Å². The molecule has 0 aliphatic heterocycles. The van der Waals surface area contributed by atoms with Gasteiger partial charge in [-0.15, -0.1) is 0 Å². The lowest BCUT2D eigenvalue weighted by Gasteiger charge is -2.21. The SMILES string of the molecule is CCCN(CC(N)=S)Cc1ccc(F)c(Cl)c1. The molecule has 17 heavy (non-hydrogen) atoms. The summed E-state index contributed by atoms with van der Waals surface area (Å²) in [4.78, 5) is 2.58. The van der Waals surface area contributed by atoms with E-state index >= 15 is 0 Å². The summed E-state index contributed by atoms with van der Waals surface area (Å²) in [7, 11) is 0. The van der Waals surface area contributed by atoms with Crippen LogP contribution < -0.4 is 5.73 Å². The number of thiocarbonyl (C=S) groups is 1. The van der Waals surface area contributed by atoms with Crippen molar-refractivity contribution in [1.82, 2.24) is 4.90 Å². The molecule has 5 heteroatoms. The number of nitrogens with zero attached hydrogens (tertiary/aromatic N) is 1. The van der Waals surface area contributed by atoms with E-state index < -0.39 is 5.82 Å². The van der Waals surface area contributed by atoms with Crippen molar-refractivity contribution < 1.29 is 4.39 Å². The van der Waals surface area contributed by atoms with Gasteiger partial charge in [0.05, 0.1) is 10.0 Å². The third-order valence-electron chi connectivity index (χ3n) is 2.31. The number of hydrogen-bond donors (Lipinski definition) is 1. The highest BCUT2D eigenvalue weighted by atomic mass is 35.5. The third kappa shape index (κ3) is 4.98. The Morgan fingerprint density at radius 3 is 2.76 bits per heavy atom. The Kier molecular flexibility index (Phi) is 5.82. The Morgan fingerprint density at radius 1 is 1.53 bits per heavy atom. The monoisotopic (exact) mass is 274 g/mol. The number of benzene rings is 1. The van der Waals surface area contributed by atoms with Gasteiger partial charge in [-0.2, -0.15) is 0 Å². The molecule has 1 aromatic carbocycles. The van der Waals surface area contributed by atoms with Crippen LogP contribution in [0.25, 0.3) is 0 Å². The molecule has 1 aromatic rings. The number of hydrogen-bond acceptors (Lipinski definition) is 2. The molecule has 0 saturated carbocycles. The number of rotatable bonds is 6. The van der Waals surface area contributed by atoms with Crippen molar-refractivity contribution in [1.29, 1.82) is 0 Å². The maximum Gasteiger partial charge on any atom is 0.141 e. The van der Waals surface area contributed by atoms with Crippen LogP contribution in [0.2, 0.25) is 5.02 Å². The summed E-state index contributed by atoms with van der Waals surface area (Å²) >= 11 is 10.6. The molecule has 0 atom stereocenters. The molecule has 0 saturated heterocycles. The van der Waals surface area contributed by atoms with Gasteiger partial charge < -0.3 is 5.73 Å². The first-order chi connectivity index (χ1) is 8.02. The average molecular weight is 275 g/mol. The maximum absolute atomic E-state index is 13.0. The lowest BCUT2D eigenvalue weighted by atomic mass is 10.2. The molecule has 94 valence electrons. The largest absolute Gasteiger partial charge is 0.392 e. The molecule has 0 radical (unpaired) electrons. The van der Waals surface area contributed by atoms with Crippen LogP contribution in [0.4, 0.5) is 4.39 Å². The fourth-order valence-corrected chi connectivity index (χ4v) is 2.03. The van der Waals surface area contributed by atoms with Gasteiger partial charge in [0.1, 0.15) is 5.82 Å². The molecule has 0 fully saturated rings. The Balaban J connectivity index is 2.71. The summed E-state index contributed by atoms with van der Waals surface area (Å²) in [6.07, 6.45) is 1.01. The molecular formula is C12H16ClFN2S. The van der Waals surface area contributed by atoms with Crippen molar-refractivity contribution in [2.45, 2.75) is 19.9 Å². The normalized spacial score (nSPS) is 10.8. The lowest BCUT2D eigenvalue weighted by molar-refractivity contribution is 0.304. The number of nitrogens with two attached hydrogens (primary N) is 1. The average Bonchev–Trinajstić information content (AvgIpc) is 2.23. The van der Waals surface area contributed by atoms with E-state index in [0.29, 0.717) is 18.1 Å². The van der Waals surface area contributed by atoms with Crippen molar-refractivity contribution in [3.8, 4) is 0 Å². The van der Waals surface area contributed by atoms with Crippen LogP contribution in [-0.4, -0.2) is 23.0 Å². The van der Waals surface area contributed by atoms with E-state index in [1.807, 2.05) is 0 Å². The van der Waals surface area contributed by atoms with E-state index in [0.717, 1.165) is 18.5 Å². The summed E-state index contributed by atoms with van der Waals surface area (Å²) < 4.78 is 13.0. The molecule has 2 nitrogen and oxygen atoms in total. The van der Waals surface area contributed by atoms with E-state index in [2.05, 4.69) is 11.8 Å². The second-order valence-electron chi connectivity index (χ2n) is 3.93. The maximum atomic E-state index is 13.0. The summed E-state index contributed by atoms with van der Waals surface area (Å²) in [5, 5.41) is 0.147. The minimum absolute atomic E-state index is 0.147. The molecule has 1 rings (SSSR count). The van der Waals surface area contributed by atoms with Crippen molar-refractivity contribution >= 4 is 28.8 Å². The van der Waals surface area contributed by atoms with E-state index in [1.54, 1.807) is 12.1 Å². The molecule has 0 amide bonds. The fourth-order valence-electron chi connectivity index (χ4n) is 1.65. The summed E-state index contributed by atoms with van der Waals surface area (Å²) in [5.41, 5.74) is 6.49. The van der Waals surface area contributed by atoms with Crippen LogP contribution in [0.5, 0.6) is 0 Å². The highest BCUT2D eigenvalue weighted by molar-refractivity contribution is 7.80. The second-order valence-corrected chi connectivity index (χ2v) is 4.86. The lowest BCUT2D eigenvalue weighted by Crippen LogP contribution is -2.32. The molecule has 2 N–H and O–H groups in total. The Labute approximate surface area is 112 Å². The Hall–Kier alpha value is -0.710. The highest BCUT2D eigenvalue weighted by Crippen LogP contribution is 2.17. The predicted molar refractivity (Wildman–Crippen MR) is 73.8 cm³/mol. The van der Waals surface area contributed by atoms with E-state index in [1.165, 1.54) is 6.07 Å². The third-order valence-corrected chi connectivity index (χ3v) is 2.73. The summed E-state index contributed by atoms with van der Waals surface area (Å²) in [6.45, 7) is 4.22. The predicted octanol–water partition coefficient (Wildman–Crippen LogP) is 2.98. The van der Waals surface area contributed by atoms with Gasteiger partial charge in [0.25, 0.3) is 0 Å². The highest BCUT2D eigenvalue weighted by Gasteiger charge is 2.08. The standard InChI is InChI=1S/C12H16ClFN2S/c1-2-5-16(8-12(15)17)7-9-3-4-11(14)10(13)6-9/h3-4,6H,2,5,7-8H2,1H3,(H2,15,17). The fraction of sp³-hybridized carbons (Fsp3) is 0.417. The summed E-state index contributed by atoms with van der Waals surface area (Å²) in [6, 6.07) is 4.74. The van der Waals surface area contributed by atoms with Crippen LogP contribution in [0.15, 0.2) is 18.2 Å². The topological polar surface area (TPSA) is 29.3 Å². The van der Waals surface area contributed by atoms with Crippen molar-refractivity contribution in [2.75, 3.05) is 13.1 Å². The minimum atomic E-state index is -0.396. The zero-order valence-electron chi connectivity index (χ0n) is 9.75. The van der Waals surface area contributed by atoms with E-state index in [-0.39, 0.29) is 5.02 Å². The molecular weight excluding hydrogens is 259 g/mol. The molecule has 0 aliphatic rings. The first-order valence-corrected chi connectivity index (χ1v) is 6.26. The van der Waals surface area contributed by atoms with Gasteiger partial charge in [0.15, 0.2) is 0 Å². The molecule has 0 aliphatic carbocycles. The van der Waals surface area contributed by atoms with Crippen LogP contribution >= 0.6 is 23.8 Å². The van der Waals surface area contributed by atoms with Crippen LogP contribution in [0.3, 0.4) is 0 Å². The van der Waals surface area contributed by atoms with Gasteiger partial charge in [-0.1, -0.05) is 36.8 Å². The van der Waals surface area contributed by atoms with Gasteiger partial charge in [-0.25, -0.2) is 4.39 Å². The van der Waals surface area contributed by atoms with Gasteiger partial charge in [0.2, 0.25) is 0 Å². The van der Waals surface area contributed by atoms with E-state index in [9.17, 15) is 4.39 Å². The molecule has 0 spiro atoms. The van der Waals surface area contributed by atoms with Gasteiger partial charge in [-0.05, 0) is 30.7 Å². The van der Waals surface area contributed by atoms with E-state index in [4.69, 9.17) is 29.6 Å². The van der Waals surface area contributed by atoms with Crippen LogP contribution in [-0.2, 0) is 6.54 Å². The first kappa shape index (κ1) is 14.4. The van der Waals surface area contributed by atoms with Gasteiger partial charge in [-0.3, -0.25) is 4.90 Å². The van der Waals surface area contributed by atoms with Gasteiger partial charge in [0, 0.05) is 13.1 Å². The summed E-state index contributed by atoms with van der Waals surface area (Å²) in [5.74, 6) is -0.396. The smallest absolute Gasteiger partial charge is 0.141 e. The zero-order valence-corrected chi connectivity index (χ0v) is 11.3. The number of halogens is 2. The molecule has 0 unspecified atom stereocenters. The minimum Gasteiger partial charge on any atom is -0.392 e. The molecule has 0 bridgehead atoms. The zero-order chi connectivity index (χ0) is 12.8. The quantitative estimate of drug-likeness (QED) is 0.809. The van der Waals surface area contributed by atoms with Crippen LogP contribution in [0, 0.1) is 5.82 Å². The molecule has 0 aromatic heterocycles. The second kappa shape index (κ2) is 6.89. The first-order valence-electron chi connectivity index (χ1n) is 5.47. The van der Waals surface area contributed by atoms with Crippen molar-refractivity contribution in [2.24, 2.45) is 5.73 Å². The molecule has 0 heterocycles. The van der Waals surface area contributed by atoms with Crippen molar-refractivity contribution in [3.05, 3.63) is 34.6 Å². The Bertz CT molecular complexity index is 398. The van der Waals surface area contributed by atoms with Crippen molar-refractivity contribution in [3.63, 3.8) is 0 Å².